The van der Waals surface area contributed by atoms with Gasteiger partial charge in [-0.15, -0.1) is 0 Å². The average Bonchev–Trinajstić information content (AvgIpc) is 2.17. The Labute approximate surface area is 73.8 Å². The minimum atomic E-state index is -1.70. The number of carboxylic acids is 1. The lowest BCUT2D eigenvalue weighted by Gasteiger charge is -2.11. The van der Waals surface area contributed by atoms with Crippen LogP contribution >= 0.6 is 0 Å². The molecule has 68 valence electrons. The van der Waals surface area contributed by atoms with E-state index in [1.807, 2.05) is 0 Å². The number of carbonyl (C=O) groups is 2. The van der Waals surface area contributed by atoms with Crippen molar-refractivity contribution < 1.29 is 19.9 Å². The van der Waals surface area contributed by atoms with Gasteiger partial charge < -0.3 is 5.11 Å². The van der Waals surface area contributed by atoms with Crippen molar-refractivity contribution in [2.24, 2.45) is 0 Å². The Balaban J connectivity index is 2.86. The van der Waals surface area contributed by atoms with Gasteiger partial charge in [0.15, 0.2) is 0 Å². The van der Waals surface area contributed by atoms with Crippen molar-refractivity contribution in [3.05, 3.63) is 30.3 Å². The molecule has 1 rings (SSSR count). The number of hydrogen-bond donors (Lipinski definition) is 2. The average molecular weight is 181 g/mol. The number of amides is 1. The van der Waals surface area contributed by atoms with Gasteiger partial charge in [-0.25, -0.2) is 4.79 Å². The maximum atomic E-state index is 10.7. The number of anilines is 1. The lowest BCUT2D eigenvalue weighted by atomic mass is 10.3. The monoisotopic (exact) mass is 181 g/mol. The number of hydroxylamine groups is 1. The second-order valence-corrected chi connectivity index (χ2v) is 2.26. The number of para-hydroxylation sites is 1. The molecule has 5 heteroatoms. The largest absolute Gasteiger partial charge is 0.474 e. The number of carboxylic acid groups (broad SMARTS) is 1. The van der Waals surface area contributed by atoms with Crippen LogP contribution in [0.25, 0.3) is 0 Å². The van der Waals surface area contributed by atoms with Crippen LogP contribution in [0.15, 0.2) is 30.3 Å². The van der Waals surface area contributed by atoms with Gasteiger partial charge in [0.05, 0.1) is 5.69 Å². The first-order valence-electron chi connectivity index (χ1n) is 3.44. The van der Waals surface area contributed by atoms with Gasteiger partial charge in [0.25, 0.3) is 0 Å². The highest BCUT2D eigenvalue weighted by Crippen LogP contribution is 2.10. The van der Waals surface area contributed by atoms with Crippen LogP contribution in [-0.2, 0) is 9.59 Å². The maximum absolute atomic E-state index is 10.7. The van der Waals surface area contributed by atoms with Crippen molar-refractivity contribution in [3.63, 3.8) is 0 Å². The summed E-state index contributed by atoms with van der Waals surface area (Å²) in [6.45, 7) is 0. The maximum Gasteiger partial charge on any atom is 0.397 e. The van der Waals surface area contributed by atoms with Crippen molar-refractivity contribution in [1.82, 2.24) is 0 Å². The van der Waals surface area contributed by atoms with Crippen molar-refractivity contribution in [2.75, 3.05) is 5.06 Å². The van der Waals surface area contributed by atoms with E-state index in [1.165, 1.54) is 12.1 Å². The Hall–Kier alpha value is -1.88. The van der Waals surface area contributed by atoms with Gasteiger partial charge in [-0.1, -0.05) is 18.2 Å². The number of carbonyl (C=O) groups excluding carboxylic acids is 1. The number of hydrogen-bond acceptors (Lipinski definition) is 3. The molecule has 2 N–H and O–H groups in total. The third kappa shape index (κ3) is 2.03. The Morgan fingerprint density at radius 3 is 2.15 bits per heavy atom. The van der Waals surface area contributed by atoms with Gasteiger partial charge in [-0.2, -0.15) is 5.06 Å². The fourth-order valence-electron chi connectivity index (χ4n) is 0.777. The van der Waals surface area contributed by atoms with Crippen LogP contribution in [0.4, 0.5) is 5.69 Å². The normalized spacial score (nSPS) is 9.31. The Bertz CT molecular complexity index is 322. The second-order valence-electron chi connectivity index (χ2n) is 2.26. The third-order valence-electron chi connectivity index (χ3n) is 1.38. The van der Waals surface area contributed by atoms with Crippen LogP contribution < -0.4 is 5.06 Å². The summed E-state index contributed by atoms with van der Waals surface area (Å²) in [7, 11) is 0. The predicted molar refractivity (Wildman–Crippen MR) is 43.4 cm³/mol. The quantitative estimate of drug-likeness (QED) is 0.375. The van der Waals surface area contributed by atoms with Crippen molar-refractivity contribution in [1.29, 1.82) is 0 Å². The number of benzene rings is 1. The Morgan fingerprint density at radius 1 is 1.15 bits per heavy atom. The van der Waals surface area contributed by atoms with Gasteiger partial charge in [0, 0.05) is 0 Å². The molecule has 13 heavy (non-hydrogen) atoms. The summed E-state index contributed by atoms with van der Waals surface area (Å²) in [6.07, 6.45) is 0. The molecule has 0 aliphatic rings. The molecule has 5 nitrogen and oxygen atoms in total. The molecule has 1 amide bonds. The van der Waals surface area contributed by atoms with Crippen LogP contribution in [0.2, 0.25) is 0 Å². The van der Waals surface area contributed by atoms with Gasteiger partial charge in [-0.05, 0) is 12.1 Å². The van der Waals surface area contributed by atoms with E-state index in [2.05, 4.69) is 0 Å². The molecule has 0 heterocycles. The molecule has 0 saturated carbocycles. The van der Waals surface area contributed by atoms with Gasteiger partial charge in [0.2, 0.25) is 0 Å². The van der Waals surface area contributed by atoms with E-state index < -0.39 is 11.9 Å². The molecule has 0 aliphatic carbocycles. The molecule has 0 unspecified atom stereocenters. The molecule has 0 saturated heterocycles. The summed E-state index contributed by atoms with van der Waals surface area (Å²) in [4.78, 5) is 20.9. The minimum Gasteiger partial charge on any atom is -0.474 e. The third-order valence-corrected chi connectivity index (χ3v) is 1.38. The van der Waals surface area contributed by atoms with E-state index in [9.17, 15) is 9.59 Å². The summed E-state index contributed by atoms with van der Waals surface area (Å²) in [6, 6.07) is 7.67. The summed E-state index contributed by atoms with van der Waals surface area (Å²) < 4.78 is 0. The highest BCUT2D eigenvalue weighted by molar-refractivity contribution is 6.36. The van der Waals surface area contributed by atoms with E-state index >= 15 is 0 Å². The van der Waals surface area contributed by atoms with E-state index in [1.54, 1.807) is 18.2 Å². The molecule has 0 spiro atoms. The van der Waals surface area contributed by atoms with E-state index in [4.69, 9.17) is 10.3 Å². The zero-order chi connectivity index (χ0) is 9.84. The van der Waals surface area contributed by atoms with Crippen LogP contribution in [0.3, 0.4) is 0 Å². The molecule has 0 radical (unpaired) electrons. The minimum absolute atomic E-state index is 0.0856. The summed E-state index contributed by atoms with van der Waals surface area (Å²) >= 11 is 0. The lowest BCUT2D eigenvalue weighted by molar-refractivity contribution is -0.151. The summed E-state index contributed by atoms with van der Waals surface area (Å²) in [5.74, 6) is -3.09. The lowest BCUT2D eigenvalue weighted by Crippen LogP contribution is -2.33. The van der Waals surface area contributed by atoms with E-state index in [0.29, 0.717) is 0 Å². The molecule has 1 aromatic carbocycles. The Kier molecular flexibility index (Phi) is 2.61. The standard InChI is InChI=1S/C8H7NO4/c10-7(8(11)12)9(13)6-4-2-1-3-5-6/h1-5,13H,(H,11,12). The van der Waals surface area contributed by atoms with Gasteiger partial charge in [0.1, 0.15) is 0 Å². The van der Waals surface area contributed by atoms with Crippen LogP contribution in [0.5, 0.6) is 0 Å². The van der Waals surface area contributed by atoms with Crippen molar-refractivity contribution >= 4 is 17.6 Å². The van der Waals surface area contributed by atoms with Crippen LogP contribution in [-0.4, -0.2) is 22.2 Å². The topological polar surface area (TPSA) is 77.8 Å². The zero-order valence-electron chi connectivity index (χ0n) is 6.54. The van der Waals surface area contributed by atoms with Gasteiger partial charge >= 0.3 is 11.9 Å². The molecular weight excluding hydrogens is 174 g/mol. The molecule has 1 aromatic rings. The highest BCUT2D eigenvalue weighted by atomic mass is 16.5. The van der Waals surface area contributed by atoms with Crippen molar-refractivity contribution in [2.45, 2.75) is 0 Å². The first-order valence-corrected chi connectivity index (χ1v) is 3.44. The van der Waals surface area contributed by atoms with Crippen molar-refractivity contribution in [3.8, 4) is 0 Å². The fourth-order valence-corrected chi connectivity index (χ4v) is 0.777. The first-order chi connectivity index (χ1) is 6.13. The van der Waals surface area contributed by atoms with E-state index in [-0.39, 0.29) is 10.8 Å². The second kappa shape index (κ2) is 3.68. The van der Waals surface area contributed by atoms with Crippen LogP contribution in [0.1, 0.15) is 0 Å². The number of rotatable bonds is 1. The summed E-state index contributed by atoms with van der Waals surface area (Å²) in [5, 5.41) is 17.4. The Morgan fingerprint density at radius 2 is 1.69 bits per heavy atom. The van der Waals surface area contributed by atoms with E-state index in [0.717, 1.165) is 0 Å². The molecular formula is C8H7NO4. The smallest absolute Gasteiger partial charge is 0.397 e. The first kappa shape index (κ1) is 9.21. The molecule has 0 atom stereocenters. The number of aliphatic carboxylic acids is 1. The summed E-state index contributed by atoms with van der Waals surface area (Å²) in [5.41, 5.74) is 0.120. The zero-order valence-corrected chi connectivity index (χ0v) is 6.54. The van der Waals surface area contributed by atoms with Gasteiger partial charge in [-0.3, -0.25) is 10.0 Å². The molecule has 0 aliphatic heterocycles. The molecule has 0 bridgehead atoms. The highest BCUT2D eigenvalue weighted by Gasteiger charge is 2.20. The molecule has 0 fully saturated rings. The predicted octanol–water partition coefficient (Wildman–Crippen LogP) is 0.493. The van der Waals surface area contributed by atoms with Crippen LogP contribution in [0, 0.1) is 0 Å². The number of nitrogens with zero attached hydrogens (tertiary/aromatic N) is 1. The molecule has 0 aromatic heterocycles. The fraction of sp³-hybridized carbons (Fsp3) is 0. The SMILES string of the molecule is O=C(O)C(=O)N(O)c1ccccc1.